The normalized spacial score (nSPS) is 15.1. The molecule has 0 aromatic heterocycles. The van der Waals surface area contributed by atoms with Crippen LogP contribution >= 0.6 is 91.6 Å². The molecule has 5 nitrogen and oxygen atoms in total. The van der Waals surface area contributed by atoms with Gasteiger partial charge in [-0.2, -0.15) is 0 Å². The van der Waals surface area contributed by atoms with Crippen LogP contribution in [-0.2, 0) is 29.2 Å². The van der Waals surface area contributed by atoms with Gasteiger partial charge in [-0.25, -0.2) is 4.79 Å². The lowest BCUT2D eigenvalue weighted by atomic mass is 9.93. The van der Waals surface area contributed by atoms with E-state index >= 15 is 0 Å². The number of hydrogen-bond acceptors (Lipinski definition) is 3. The molecule has 0 bridgehead atoms. The number of benzene rings is 3. The van der Waals surface area contributed by atoms with Crippen molar-refractivity contribution in [2.45, 2.75) is 25.6 Å². The van der Waals surface area contributed by atoms with E-state index in [1.165, 1.54) is 11.0 Å². The lowest BCUT2D eigenvalue weighted by Crippen LogP contribution is -2.48. The van der Waals surface area contributed by atoms with Crippen molar-refractivity contribution < 1.29 is 19.4 Å². The lowest BCUT2D eigenvalue weighted by Gasteiger charge is -2.35. The second kappa shape index (κ2) is 12.3. The van der Waals surface area contributed by atoms with Gasteiger partial charge in [-0.3, -0.25) is 4.79 Å². The third-order valence-corrected chi connectivity index (χ3v) is 8.90. The summed E-state index contributed by atoms with van der Waals surface area (Å²) in [5.74, 6) is -0.857. The van der Waals surface area contributed by atoms with Gasteiger partial charge >= 0.3 is 5.97 Å². The molecule has 0 aliphatic carbocycles. The predicted molar refractivity (Wildman–Crippen MR) is 164 cm³/mol. The molecule has 0 saturated heterocycles. The summed E-state index contributed by atoms with van der Waals surface area (Å²) in [6.07, 6.45) is 3.07. The molecule has 1 atom stereocenters. The second-order valence-corrected chi connectivity index (χ2v) is 12.1. The number of carbonyl (C=O) groups is 2. The molecular weight excluding hydrogens is 786 g/mol. The molecule has 1 aliphatic heterocycles. The zero-order valence-electron chi connectivity index (χ0n) is 18.8. The number of amides is 1. The Kier molecular flexibility index (Phi) is 9.56. The molecule has 0 fully saturated rings. The van der Waals surface area contributed by atoms with Gasteiger partial charge in [0.1, 0.15) is 18.4 Å². The van der Waals surface area contributed by atoms with Crippen LogP contribution in [0.2, 0.25) is 20.1 Å². The number of halogens is 6. The smallest absolute Gasteiger partial charge is 0.326 e. The van der Waals surface area contributed by atoms with Crippen molar-refractivity contribution in [1.82, 2.24) is 4.90 Å². The fourth-order valence-electron chi connectivity index (χ4n) is 3.91. The molecule has 1 amide bonds. The Morgan fingerprint density at radius 2 is 1.70 bits per heavy atom. The van der Waals surface area contributed by atoms with Crippen molar-refractivity contribution in [2.75, 3.05) is 0 Å². The molecule has 0 saturated carbocycles. The average molecular weight is 803 g/mol. The van der Waals surface area contributed by atoms with Crippen LogP contribution in [0.15, 0.2) is 48.5 Å². The first-order valence-corrected chi connectivity index (χ1v) is 14.4. The molecule has 37 heavy (non-hydrogen) atoms. The zero-order valence-corrected chi connectivity index (χ0v) is 26.1. The van der Waals surface area contributed by atoms with E-state index in [9.17, 15) is 14.7 Å². The fraction of sp³-hybridized carbons (Fsp3) is 0.154. The molecule has 3 aromatic rings. The van der Waals surface area contributed by atoms with E-state index in [0.29, 0.717) is 31.4 Å². The summed E-state index contributed by atoms with van der Waals surface area (Å²) >= 11 is 28.8. The number of nitrogens with zero attached hydrogens (tertiary/aromatic N) is 1. The van der Waals surface area contributed by atoms with Crippen LogP contribution < -0.4 is 4.74 Å². The molecule has 4 rings (SSSR count). The van der Waals surface area contributed by atoms with E-state index < -0.39 is 17.9 Å². The van der Waals surface area contributed by atoms with Gasteiger partial charge in [0.25, 0.3) is 0 Å². The Balaban J connectivity index is 1.61. The molecule has 11 heteroatoms. The molecule has 3 aromatic carbocycles. The van der Waals surface area contributed by atoms with Crippen molar-refractivity contribution in [2.24, 2.45) is 0 Å². The summed E-state index contributed by atoms with van der Waals surface area (Å²) < 4.78 is 7.79. The maximum Gasteiger partial charge on any atom is 0.326 e. The van der Waals surface area contributed by atoms with Crippen molar-refractivity contribution in [3.8, 4) is 5.75 Å². The Hall–Kier alpha value is -1.24. The van der Waals surface area contributed by atoms with E-state index in [1.807, 2.05) is 6.07 Å². The molecule has 0 unspecified atom stereocenters. The topological polar surface area (TPSA) is 66.8 Å². The van der Waals surface area contributed by atoms with E-state index in [1.54, 1.807) is 42.5 Å². The number of rotatable bonds is 6. The molecular formula is C26H17Cl4I2NO4. The van der Waals surface area contributed by atoms with Crippen LogP contribution in [-0.4, -0.2) is 27.9 Å². The quantitative estimate of drug-likeness (QED) is 0.202. The van der Waals surface area contributed by atoms with E-state index in [0.717, 1.165) is 23.8 Å². The standard InChI is InChI=1S/C26H17Cl4I2NO4/c27-16-4-1-13(19(29)9-16)3-6-23(34)33-11-18-15(8-22(33)26(35)36)7-21(31)25(24(18)32)37-12-14-2-5-17(28)10-20(14)30/h1-7,9-10,22H,8,11-12H2,(H,35,36)/b6-3+/t22-/m0/s1. The minimum Gasteiger partial charge on any atom is -0.487 e. The lowest BCUT2D eigenvalue weighted by molar-refractivity contribution is -0.149. The second-order valence-electron chi connectivity index (χ2n) is 8.19. The highest BCUT2D eigenvalue weighted by atomic mass is 127. The molecule has 192 valence electrons. The third kappa shape index (κ3) is 6.67. The highest BCUT2D eigenvalue weighted by Crippen LogP contribution is 2.38. The molecule has 0 spiro atoms. The van der Waals surface area contributed by atoms with Gasteiger partial charge in [0.05, 0.1) is 7.14 Å². The Morgan fingerprint density at radius 1 is 1.03 bits per heavy atom. The minimum absolute atomic E-state index is 0.122. The number of aliphatic carboxylic acids is 1. The summed E-state index contributed by atoms with van der Waals surface area (Å²) in [4.78, 5) is 26.6. The predicted octanol–water partition coefficient (Wildman–Crippen LogP) is 8.14. The zero-order chi connectivity index (χ0) is 26.9. The number of carbonyl (C=O) groups excluding carboxylic acids is 1. The maximum atomic E-state index is 13.2. The van der Waals surface area contributed by atoms with E-state index in [4.69, 9.17) is 51.1 Å². The van der Waals surface area contributed by atoms with Crippen LogP contribution in [0.1, 0.15) is 22.3 Å². The summed E-state index contributed by atoms with van der Waals surface area (Å²) in [7, 11) is 0. The van der Waals surface area contributed by atoms with Crippen LogP contribution in [0.25, 0.3) is 6.08 Å². The van der Waals surface area contributed by atoms with Crippen molar-refractivity contribution in [1.29, 1.82) is 0 Å². The van der Waals surface area contributed by atoms with E-state index in [2.05, 4.69) is 45.2 Å². The van der Waals surface area contributed by atoms with Crippen molar-refractivity contribution in [3.05, 3.63) is 98.0 Å². The monoisotopic (exact) mass is 801 g/mol. The van der Waals surface area contributed by atoms with Crippen molar-refractivity contribution in [3.63, 3.8) is 0 Å². The first-order chi connectivity index (χ1) is 17.5. The van der Waals surface area contributed by atoms with Crippen LogP contribution in [0.4, 0.5) is 0 Å². The van der Waals surface area contributed by atoms with Gasteiger partial charge < -0.3 is 14.7 Å². The Morgan fingerprint density at radius 3 is 2.35 bits per heavy atom. The van der Waals surface area contributed by atoms with Gasteiger partial charge in [-0.05, 0) is 98.3 Å². The molecule has 1 N–H and O–H groups in total. The molecule has 0 radical (unpaired) electrons. The van der Waals surface area contributed by atoms with Gasteiger partial charge in [0.2, 0.25) is 5.91 Å². The number of hydrogen-bond donors (Lipinski definition) is 1. The van der Waals surface area contributed by atoms with Crippen molar-refractivity contribution >= 4 is 110 Å². The maximum absolute atomic E-state index is 13.2. The summed E-state index contributed by atoms with van der Waals surface area (Å²) in [6, 6.07) is 11.1. The van der Waals surface area contributed by atoms with Gasteiger partial charge in [-0.1, -0.05) is 58.5 Å². The number of carboxylic acids is 1. The summed E-state index contributed by atoms with van der Waals surface area (Å²) in [6.45, 7) is 0.350. The Bertz CT molecular complexity index is 1430. The number of fused-ring (bicyclic) bond motifs is 1. The summed E-state index contributed by atoms with van der Waals surface area (Å²) in [5.41, 5.74) is 3.10. The highest BCUT2D eigenvalue weighted by molar-refractivity contribution is 14.1. The third-order valence-electron chi connectivity index (χ3n) is 5.81. The molecule has 1 aliphatic rings. The first kappa shape index (κ1) is 28.8. The minimum atomic E-state index is -1.07. The fourth-order valence-corrected chi connectivity index (χ4v) is 7.12. The SMILES string of the molecule is O=C(O)[C@@H]1Cc2cc(I)c(OCc3ccc(Cl)cc3Cl)c(I)c2CN1C(=O)/C=C/c1ccc(Cl)cc1Cl. The average Bonchev–Trinajstić information content (AvgIpc) is 2.83. The Labute approximate surface area is 260 Å². The molecule has 1 heterocycles. The first-order valence-electron chi connectivity index (χ1n) is 10.8. The number of ether oxygens (including phenoxy) is 1. The van der Waals surface area contributed by atoms with E-state index in [-0.39, 0.29) is 19.6 Å². The largest absolute Gasteiger partial charge is 0.487 e. The van der Waals surface area contributed by atoms with Gasteiger partial charge in [0, 0.05) is 44.7 Å². The highest BCUT2D eigenvalue weighted by Gasteiger charge is 2.36. The van der Waals surface area contributed by atoms with Gasteiger partial charge in [-0.15, -0.1) is 0 Å². The van der Waals surface area contributed by atoms with Gasteiger partial charge in [0.15, 0.2) is 0 Å². The number of carboxylic acid groups (broad SMARTS) is 1. The summed E-state index contributed by atoms with van der Waals surface area (Å²) in [5, 5.41) is 11.8. The van der Waals surface area contributed by atoms with Crippen LogP contribution in [0.3, 0.4) is 0 Å². The van der Waals surface area contributed by atoms with Crippen LogP contribution in [0.5, 0.6) is 5.75 Å². The van der Waals surface area contributed by atoms with Crippen LogP contribution in [0, 0.1) is 7.14 Å².